The molecular formula is C25H27FN4O3. The molecule has 2 aromatic carbocycles. The quantitative estimate of drug-likeness (QED) is 0.457. The highest BCUT2D eigenvalue weighted by molar-refractivity contribution is 5.87. The Morgan fingerprint density at radius 1 is 0.909 bits per heavy atom. The summed E-state index contributed by atoms with van der Waals surface area (Å²) in [6.45, 7) is 4.35. The molecule has 0 aliphatic carbocycles. The van der Waals surface area contributed by atoms with E-state index in [1.807, 2.05) is 44.2 Å². The number of aromatic nitrogens is 1. The normalized spacial score (nSPS) is 11.5. The third-order valence-corrected chi connectivity index (χ3v) is 4.83. The zero-order valence-electron chi connectivity index (χ0n) is 18.5. The van der Waals surface area contributed by atoms with Gasteiger partial charge in [0.25, 0.3) is 0 Å². The summed E-state index contributed by atoms with van der Waals surface area (Å²) in [6.07, 6.45) is 1.59. The summed E-state index contributed by atoms with van der Waals surface area (Å²) in [5.41, 5.74) is 1.74. The number of carbonyl (C=O) groups is 2. The van der Waals surface area contributed by atoms with Crippen molar-refractivity contribution in [3.8, 4) is 11.6 Å². The van der Waals surface area contributed by atoms with Crippen LogP contribution in [0, 0.1) is 11.7 Å². The number of hydrogen-bond acceptors (Lipinski definition) is 4. The first-order valence-corrected chi connectivity index (χ1v) is 10.6. The van der Waals surface area contributed by atoms with Gasteiger partial charge in [0.2, 0.25) is 11.8 Å². The average molecular weight is 451 g/mol. The number of urea groups is 1. The summed E-state index contributed by atoms with van der Waals surface area (Å²) < 4.78 is 18.5. The van der Waals surface area contributed by atoms with E-state index in [9.17, 15) is 14.0 Å². The lowest BCUT2D eigenvalue weighted by molar-refractivity contribution is -0.124. The van der Waals surface area contributed by atoms with Crippen LogP contribution < -0.4 is 20.7 Å². The van der Waals surface area contributed by atoms with Crippen molar-refractivity contribution >= 4 is 11.9 Å². The monoisotopic (exact) mass is 450 g/mol. The zero-order chi connectivity index (χ0) is 23.6. The zero-order valence-corrected chi connectivity index (χ0v) is 18.5. The second kappa shape index (κ2) is 11.6. The van der Waals surface area contributed by atoms with Crippen LogP contribution in [0.5, 0.6) is 11.6 Å². The standard InChI is InChI=1S/C25H27FN4O3/c1-17(2)23(30-25(32)29-14-18-6-4-3-5-7-18)24(31)28-16-19-8-13-22(27-15-19)33-21-11-9-20(26)10-12-21/h3-13,15,17,23H,14,16H2,1-2H3,(H,28,31)(H2,29,30,32). The predicted molar refractivity (Wildman–Crippen MR) is 123 cm³/mol. The van der Waals surface area contributed by atoms with E-state index >= 15 is 0 Å². The summed E-state index contributed by atoms with van der Waals surface area (Å²) in [5.74, 6) is 0.0997. The van der Waals surface area contributed by atoms with Crippen molar-refractivity contribution < 1.29 is 18.7 Å². The van der Waals surface area contributed by atoms with Gasteiger partial charge in [0.05, 0.1) is 0 Å². The van der Waals surface area contributed by atoms with Gasteiger partial charge in [-0.25, -0.2) is 14.2 Å². The number of rotatable bonds is 9. The SMILES string of the molecule is CC(C)C(NC(=O)NCc1ccccc1)C(=O)NCc1ccc(Oc2ccc(F)cc2)nc1. The maximum absolute atomic E-state index is 13.0. The molecule has 0 aliphatic heterocycles. The average Bonchev–Trinajstić information content (AvgIpc) is 2.82. The molecule has 0 aliphatic rings. The first-order chi connectivity index (χ1) is 15.9. The van der Waals surface area contributed by atoms with Gasteiger partial charge in [0, 0.05) is 25.4 Å². The molecule has 1 unspecified atom stereocenters. The summed E-state index contributed by atoms with van der Waals surface area (Å²) in [6, 6.07) is 17.5. The van der Waals surface area contributed by atoms with E-state index in [-0.39, 0.29) is 24.2 Å². The minimum absolute atomic E-state index is 0.0999. The van der Waals surface area contributed by atoms with Gasteiger partial charge in [-0.05, 0) is 41.3 Å². The van der Waals surface area contributed by atoms with Crippen LogP contribution in [0.3, 0.4) is 0 Å². The molecule has 0 bridgehead atoms. The number of nitrogens with zero attached hydrogens (tertiary/aromatic N) is 1. The maximum Gasteiger partial charge on any atom is 0.315 e. The van der Waals surface area contributed by atoms with Crippen molar-refractivity contribution in [3.05, 3.63) is 89.9 Å². The number of nitrogens with one attached hydrogen (secondary N) is 3. The Bertz CT molecular complexity index is 1040. The lowest BCUT2D eigenvalue weighted by Crippen LogP contribution is -2.52. The van der Waals surface area contributed by atoms with E-state index in [2.05, 4.69) is 20.9 Å². The Balaban J connectivity index is 1.48. The fourth-order valence-corrected chi connectivity index (χ4v) is 3.00. The lowest BCUT2D eigenvalue weighted by atomic mass is 10.0. The van der Waals surface area contributed by atoms with Crippen LogP contribution >= 0.6 is 0 Å². The summed E-state index contributed by atoms with van der Waals surface area (Å²) >= 11 is 0. The Morgan fingerprint density at radius 2 is 1.61 bits per heavy atom. The molecule has 1 atom stereocenters. The lowest BCUT2D eigenvalue weighted by Gasteiger charge is -2.22. The van der Waals surface area contributed by atoms with Crippen molar-refractivity contribution in [1.29, 1.82) is 0 Å². The molecule has 3 rings (SSSR count). The minimum Gasteiger partial charge on any atom is -0.439 e. The van der Waals surface area contributed by atoms with Crippen molar-refractivity contribution in [2.75, 3.05) is 0 Å². The first kappa shape index (κ1) is 23.7. The van der Waals surface area contributed by atoms with Gasteiger partial charge < -0.3 is 20.7 Å². The Labute approximate surface area is 192 Å². The van der Waals surface area contributed by atoms with Crippen LogP contribution in [0.1, 0.15) is 25.0 Å². The predicted octanol–water partition coefficient (Wildman–Crippen LogP) is 4.15. The Kier molecular flexibility index (Phi) is 8.35. The number of benzene rings is 2. The van der Waals surface area contributed by atoms with Crippen LogP contribution in [-0.2, 0) is 17.9 Å². The summed E-state index contributed by atoms with van der Waals surface area (Å²) in [4.78, 5) is 29.2. The van der Waals surface area contributed by atoms with E-state index in [1.165, 1.54) is 24.3 Å². The van der Waals surface area contributed by atoms with Gasteiger partial charge >= 0.3 is 6.03 Å². The Hall–Kier alpha value is -3.94. The van der Waals surface area contributed by atoms with E-state index in [0.717, 1.165) is 11.1 Å². The number of ether oxygens (including phenoxy) is 1. The molecule has 3 N–H and O–H groups in total. The van der Waals surface area contributed by atoms with E-state index < -0.39 is 12.1 Å². The molecule has 172 valence electrons. The van der Waals surface area contributed by atoms with Gasteiger partial charge in [-0.3, -0.25) is 4.79 Å². The van der Waals surface area contributed by atoms with Crippen LogP contribution in [0.2, 0.25) is 0 Å². The number of amides is 3. The number of pyridine rings is 1. The molecule has 0 spiro atoms. The van der Waals surface area contributed by atoms with Gasteiger partial charge in [0.15, 0.2) is 0 Å². The van der Waals surface area contributed by atoms with Gasteiger partial charge in [-0.1, -0.05) is 50.2 Å². The smallest absolute Gasteiger partial charge is 0.315 e. The number of hydrogen-bond donors (Lipinski definition) is 3. The Morgan fingerprint density at radius 3 is 2.24 bits per heavy atom. The van der Waals surface area contributed by atoms with E-state index in [4.69, 9.17) is 4.74 Å². The maximum atomic E-state index is 13.0. The highest BCUT2D eigenvalue weighted by atomic mass is 19.1. The van der Waals surface area contributed by atoms with Crippen molar-refractivity contribution in [2.45, 2.75) is 33.0 Å². The van der Waals surface area contributed by atoms with E-state index in [0.29, 0.717) is 18.2 Å². The minimum atomic E-state index is -0.685. The molecule has 0 radical (unpaired) electrons. The van der Waals surface area contributed by atoms with Crippen LogP contribution in [0.15, 0.2) is 72.9 Å². The van der Waals surface area contributed by atoms with Crippen LogP contribution in [0.4, 0.5) is 9.18 Å². The van der Waals surface area contributed by atoms with Gasteiger partial charge in [0.1, 0.15) is 17.6 Å². The van der Waals surface area contributed by atoms with Crippen molar-refractivity contribution in [3.63, 3.8) is 0 Å². The molecule has 7 nitrogen and oxygen atoms in total. The highest BCUT2D eigenvalue weighted by Crippen LogP contribution is 2.19. The van der Waals surface area contributed by atoms with Crippen LogP contribution in [-0.4, -0.2) is 23.0 Å². The summed E-state index contributed by atoms with van der Waals surface area (Å²) in [5, 5.41) is 8.34. The van der Waals surface area contributed by atoms with E-state index in [1.54, 1.807) is 18.3 Å². The molecule has 1 heterocycles. The summed E-state index contributed by atoms with van der Waals surface area (Å²) in [7, 11) is 0. The molecule has 3 amide bonds. The van der Waals surface area contributed by atoms with Crippen LogP contribution in [0.25, 0.3) is 0 Å². The largest absolute Gasteiger partial charge is 0.439 e. The second-order valence-corrected chi connectivity index (χ2v) is 7.81. The third-order valence-electron chi connectivity index (χ3n) is 4.83. The number of carbonyl (C=O) groups excluding carboxylic acids is 2. The van der Waals surface area contributed by atoms with Crippen molar-refractivity contribution in [1.82, 2.24) is 20.9 Å². The second-order valence-electron chi connectivity index (χ2n) is 7.81. The molecule has 0 saturated carbocycles. The fourth-order valence-electron chi connectivity index (χ4n) is 3.00. The molecule has 0 saturated heterocycles. The molecular weight excluding hydrogens is 423 g/mol. The third kappa shape index (κ3) is 7.60. The van der Waals surface area contributed by atoms with Gasteiger partial charge in [-0.15, -0.1) is 0 Å². The molecule has 0 fully saturated rings. The molecule has 33 heavy (non-hydrogen) atoms. The van der Waals surface area contributed by atoms with Crippen molar-refractivity contribution in [2.24, 2.45) is 5.92 Å². The fraction of sp³-hybridized carbons (Fsp3) is 0.240. The molecule has 8 heteroatoms. The van der Waals surface area contributed by atoms with Gasteiger partial charge in [-0.2, -0.15) is 0 Å². The molecule has 1 aromatic heterocycles. The number of halogens is 1. The topological polar surface area (TPSA) is 92.4 Å². The highest BCUT2D eigenvalue weighted by Gasteiger charge is 2.23. The first-order valence-electron chi connectivity index (χ1n) is 10.6. The molecule has 3 aromatic rings.